The first-order chi connectivity index (χ1) is 16.0. The van der Waals surface area contributed by atoms with Gasteiger partial charge in [-0.3, -0.25) is 0 Å². The Kier molecular flexibility index (Phi) is 8.36. The third-order valence-corrected chi connectivity index (χ3v) is 4.67. The van der Waals surface area contributed by atoms with Crippen LogP contribution in [0.3, 0.4) is 0 Å². The highest BCUT2D eigenvalue weighted by molar-refractivity contribution is 6.21. The van der Waals surface area contributed by atoms with Gasteiger partial charge in [-0.15, -0.1) is 16.7 Å². The van der Waals surface area contributed by atoms with E-state index >= 15 is 0 Å². The van der Waals surface area contributed by atoms with Crippen molar-refractivity contribution < 1.29 is 9.53 Å². The number of nitrogens with one attached hydrogen (secondary N) is 2. The Morgan fingerprint density at radius 2 is 1.73 bits per heavy atom. The van der Waals surface area contributed by atoms with Gasteiger partial charge in [-0.05, 0) is 43.3 Å². The normalized spacial score (nSPS) is 11.8. The smallest absolute Gasteiger partial charge is 0.338 e. The largest absolute Gasteiger partial charge is 0.462 e. The van der Waals surface area contributed by atoms with Gasteiger partial charge in [-0.2, -0.15) is 15.1 Å². The molecule has 6 N–H and O–H groups in total. The lowest BCUT2D eigenvalue weighted by atomic mass is 10.2. The summed E-state index contributed by atoms with van der Waals surface area (Å²) in [5, 5.41) is 14.4. The molecule has 1 unspecified atom stereocenters. The zero-order valence-electron chi connectivity index (χ0n) is 18.0. The highest BCUT2D eigenvalue weighted by Gasteiger charge is 2.13. The fourth-order valence-electron chi connectivity index (χ4n) is 2.76. The van der Waals surface area contributed by atoms with Crippen molar-refractivity contribution in [2.45, 2.75) is 12.3 Å². The number of esters is 1. The zero-order valence-corrected chi connectivity index (χ0v) is 18.8. The van der Waals surface area contributed by atoms with E-state index < -0.39 is 5.97 Å². The van der Waals surface area contributed by atoms with Gasteiger partial charge in [0.15, 0.2) is 17.3 Å². The Morgan fingerprint density at radius 1 is 1.03 bits per heavy atom. The van der Waals surface area contributed by atoms with Gasteiger partial charge in [0.2, 0.25) is 5.95 Å². The number of carbonyl (C=O) groups excluding carboxylic acids is 1. The molecule has 0 aliphatic carbocycles. The summed E-state index contributed by atoms with van der Waals surface area (Å²) in [7, 11) is 0. The number of nitrogen functional groups attached to an aromatic ring is 2. The van der Waals surface area contributed by atoms with Crippen LogP contribution in [0.4, 0.5) is 34.6 Å². The number of para-hydroxylation sites is 1. The number of azo groups is 1. The lowest BCUT2D eigenvalue weighted by Gasteiger charge is -2.14. The van der Waals surface area contributed by atoms with Crippen molar-refractivity contribution in [1.82, 2.24) is 9.97 Å². The Labute approximate surface area is 196 Å². The maximum Gasteiger partial charge on any atom is 0.338 e. The maximum atomic E-state index is 11.8. The maximum absolute atomic E-state index is 11.8. The van der Waals surface area contributed by atoms with Gasteiger partial charge in [0, 0.05) is 18.8 Å². The van der Waals surface area contributed by atoms with Crippen LogP contribution < -0.4 is 22.1 Å². The molecule has 11 heteroatoms. The van der Waals surface area contributed by atoms with Gasteiger partial charge in [0.05, 0.1) is 23.2 Å². The number of benzene rings is 2. The van der Waals surface area contributed by atoms with Crippen molar-refractivity contribution in [2.24, 2.45) is 10.2 Å². The predicted octanol–water partition coefficient (Wildman–Crippen LogP) is 4.36. The van der Waals surface area contributed by atoms with Crippen LogP contribution in [0.15, 0.2) is 64.8 Å². The monoisotopic (exact) mass is 468 g/mol. The third kappa shape index (κ3) is 7.04. The summed E-state index contributed by atoms with van der Waals surface area (Å²) in [4.78, 5) is 19.9. The van der Waals surface area contributed by atoms with Gasteiger partial charge in [0.25, 0.3) is 0 Å². The molecule has 0 bridgehead atoms. The fourth-order valence-corrected chi connectivity index (χ4v) is 2.92. The van der Waals surface area contributed by atoms with E-state index in [4.69, 9.17) is 27.8 Å². The molecule has 2 aromatic carbocycles. The van der Waals surface area contributed by atoms with Crippen LogP contribution in [0.2, 0.25) is 0 Å². The molecule has 0 saturated carbocycles. The number of halogens is 1. The molecular formula is C22H25ClN8O2. The van der Waals surface area contributed by atoms with Crippen molar-refractivity contribution in [3.05, 3.63) is 60.2 Å². The Hall–Kier alpha value is -3.92. The van der Waals surface area contributed by atoms with Crippen molar-refractivity contribution >= 4 is 52.2 Å². The van der Waals surface area contributed by atoms with Crippen molar-refractivity contribution in [3.63, 3.8) is 0 Å². The van der Waals surface area contributed by atoms with Crippen molar-refractivity contribution in [1.29, 1.82) is 0 Å². The molecule has 172 valence electrons. The Balaban J connectivity index is 1.66. The summed E-state index contributed by atoms with van der Waals surface area (Å²) in [6.07, 6.45) is 0. The molecule has 1 aromatic heterocycles. The first-order valence-electron chi connectivity index (χ1n) is 10.2. The lowest BCUT2D eigenvalue weighted by molar-refractivity contribution is 0.0526. The highest BCUT2D eigenvalue weighted by atomic mass is 35.5. The molecule has 0 aliphatic rings. The van der Waals surface area contributed by atoms with Gasteiger partial charge in [-0.25, -0.2) is 4.79 Å². The van der Waals surface area contributed by atoms with E-state index in [1.807, 2.05) is 30.3 Å². The van der Waals surface area contributed by atoms with Crippen LogP contribution in [0.5, 0.6) is 0 Å². The summed E-state index contributed by atoms with van der Waals surface area (Å²) >= 11 is 6.43. The first kappa shape index (κ1) is 23.7. The van der Waals surface area contributed by atoms with Crippen LogP contribution in [-0.2, 0) is 4.74 Å². The molecule has 1 atom stereocenters. The molecule has 10 nitrogen and oxygen atoms in total. The zero-order chi connectivity index (χ0) is 23.6. The van der Waals surface area contributed by atoms with Gasteiger partial charge < -0.3 is 26.8 Å². The topological polar surface area (TPSA) is 153 Å². The molecule has 3 rings (SSSR count). The van der Waals surface area contributed by atoms with E-state index in [0.29, 0.717) is 36.8 Å². The van der Waals surface area contributed by atoms with Crippen LogP contribution in [0, 0.1) is 0 Å². The number of nitrogens with zero attached hydrogens (tertiary/aromatic N) is 4. The third-order valence-electron chi connectivity index (χ3n) is 4.36. The fraction of sp³-hybridized carbons (Fsp3) is 0.227. The molecule has 0 radical (unpaired) electrons. The van der Waals surface area contributed by atoms with Gasteiger partial charge in [-0.1, -0.05) is 18.2 Å². The minimum Gasteiger partial charge on any atom is -0.462 e. The molecule has 0 saturated heterocycles. The Bertz CT molecular complexity index is 1090. The number of hydrogen-bond donors (Lipinski definition) is 4. The van der Waals surface area contributed by atoms with E-state index in [9.17, 15) is 4.79 Å². The summed E-state index contributed by atoms with van der Waals surface area (Å²) in [6.45, 7) is 2.95. The quantitative estimate of drug-likeness (QED) is 0.194. The van der Waals surface area contributed by atoms with Gasteiger partial charge in [0.1, 0.15) is 0 Å². The first-order valence-corrected chi connectivity index (χ1v) is 10.7. The number of aromatic nitrogens is 2. The van der Waals surface area contributed by atoms with E-state index in [2.05, 4.69) is 30.8 Å². The predicted molar refractivity (Wildman–Crippen MR) is 130 cm³/mol. The number of nitrogens with two attached hydrogens (primary N) is 2. The molecule has 1 heterocycles. The van der Waals surface area contributed by atoms with E-state index in [1.165, 1.54) is 0 Å². The number of alkyl halides is 1. The molecule has 0 fully saturated rings. The minimum atomic E-state index is -0.402. The van der Waals surface area contributed by atoms with Crippen LogP contribution in [-0.4, -0.2) is 41.0 Å². The molecule has 0 amide bonds. The van der Waals surface area contributed by atoms with Crippen LogP contribution >= 0.6 is 11.6 Å². The average Bonchev–Trinajstić information content (AvgIpc) is 2.82. The number of ether oxygens (including phenoxy) is 1. The number of carbonyl (C=O) groups is 1. The summed E-state index contributed by atoms with van der Waals surface area (Å²) < 4.78 is 4.97. The second kappa shape index (κ2) is 11.6. The number of anilines is 4. The highest BCUT2D eigenvalue weighted by Crippen LogP contribution is 2.31. The second-order valence-electron chi connectivity index (χ2n) is 6.86. The summed E-state index contributed by atoms with van der Waals surface area (Å²) in [5.74, 6) is -0.00927. The molecule has 3 aromatic rings. The molecule has 33 heavy (non-hydrogen) atoms. The van der Waals surface area contributed by atoms with E-state index in [1.54, 1.807) is 31.2 Å². The molecule has 0 spiro atoms. The lowest BCUT2D eigenvalue weighted by Crippen LogP contribution is -2.23. The number of rotatable bonds is 10. The second-order valence-corrected chi connectivity index (χ2v) is 7.47. The van der Waals surface area contributed by atoms with Gasteiger partial charge >= 0.3 is 5.97 Å². The standard InChI is InChI=1S/C22H25ClN8O2/c1-2-33-21(32)14-8-10-17(11-9-14)30-31-18-19(24)28-22(25)29-20(18)27-13-15(23)12-26-16-6-4-3-5-7-16/h3-11,15,26H,2,12-13H2,1H3,(H5,24,25,27,28,29). The van der Waals surface area contributed by atoms with E-state index in [0.717, 1.165) is 5.69 Å². The average molecular weight is 469 g/mol. The molecule has 0 aliphatic heterocycles. The van der Waals surface area contributed by atoms with Crippen LogP contribution in [0.25, 0.3) is 0 Å². The summed E-state index contributed by atoms with van der Waals surface area (Å²) in [6, 6.07) is 16.2. The van der Waals surface area contributed by atoms with Crippen LogP contribution in [0.1, 0.15) is 17.3 Å². The number of hydrogen-bond acceptors (Lipinski definition) is 10. The Morgan fingerprint density at radius 3 is 2.42 bits per heavy atom. The SMILES string of the molecule is CCOC(=O)c1ccc(N=Nc2c(N)nc(N)nc2NCC(Cl)CNc2ccccc2)cc1. The van der Waals surface area contributed by atoms with E-state index in [-0.39, 0.29) is 22.8 Å². The van der Waals surface area contributed by atoms with Crippen molar-refractivity contribution in [3.8, 4) is 0 Å². The molecular weight excluding hydrogens is 444 g/mol. The summed E-state index contributed by atoms with van der Waals surface area (Å²) in [5.41, 5.74) is 13.9. The van der Waals surface area contributed by atoms with Crippen molar-refractivity contribution in [2.75, 3.05) is 41.8 Å². The minimum absolute atomic E-state index is 0.00118.